The zero-order valence-corrected chi connectivity index (χ0v) is 12.1. The minimum absolute atomic E-state index is 0.104. The van der Waals surface area contributed by atoms with E-state index in [9.17, 15) is 9.59 Å². The molecule has 0 aliphatic carbocycles. The number of para-hydroxylation sites is 1. The molecule has 0 aliphatic rings. The highest BCUT2D eigenvalue weighted by Gasteiger charge is 2.11. The number of furan rings is 1. The molecule has 1 aromatic carbocycles. The molecule has 0 spiro atoms. The topological polar surface area (TPSA) is 77.1 Å². The van der Waals surface area contributed by atoms with Gasteiger partial charge in [-0.2, -0.15) is 0 Å². The smallest absolute Gasteiger partial charge is 0.287 e. The normalized spacial score (nSPS) is 10.8. The fourth-order valence-corrected chi connectivity index (χ4v) is 2.19. The predicted molar refractivity (Wildman–Crippen MR) is 81.8 cm³/mol. The van der Waals surface area contributed by atoms with Gasteiger partial charge in [-0.15, -0.1) is 0 Å². The first-order chi connectivity index (χ1) is 10.6. The van der Waals surface area contributed by atoms with E-state index in [1.54, 1.807) is 13.0 Å². The SMILES string of the molecule is Cc1cncn(CCNC(=O)c2cc3ccccc3o2)c1=O. The first kappa shape index (κ1) is 14.1. The molecule has 0 aliphatic heterocycles. The van der Waals surface area contributed by atoms with E-state index < -0.39 is 0 Å². The molecule has 2 aromatic heterocycles. The molecular weight excluding hydrogens is 282 g/mol. The van der Waals surface area contributed by atoms with E-state index in [0.29, 0.717) is 24.2 Å². The van der Waals surface area contributed by atoms with Crippen LogP contribution in [0.15, 0.2) is 52.1 Å². The van der Waals surface area contributed by atoms with Crippen LogP contribution in [0.5, 0.6) is 0 Å². The lowest BCUT2D eigenvalue weighted by molar-refractivity contribution is 0.0926. The third kappa shape index (κ3) is 2.76. The highest BCUT2D eigenvalue weighted by Crippen LogP contribution is 2.18. The van der Waals surface area contributed by atoms with E-state index in [-0.39, 0.29) is 17.2 Å². The maximum Gasteiger partial charge on any atom is 0.287 e. The molecular formula is C16H15N3O3. The van der Waals surface area contributed by atoms with Gasteiger partial charge in [0, 0.05) is 30.2 Å². The third-order valence-electron chi connectivity index (χ3n) is 3.36. The molecule has 3 aromatic rings. The summed E-state index contributed by atoms with van der Waals surface area (Å²) in [4.78, 5) is 27.8. The molecule has 1 N–H and O–H groups in total. The summed E-state index contributed by atoms with van der Waals surface area (Å²) in [5.74, 6) is -0.0409. The summed E-state index contributed by atoms with van der Waals surface area (Å²) >= 11 is 0. The van der Waals surface area contributed by atoms with Gasteiger partial charge in [-0.25, -0.2) is 4.98 Å². The summed E-state index contributed by atoms with van der Waals surface area (Å²) in [6, 6.07) is 9.13. The molecule has 1 amide bonds. The van der Waals surface area contributed by atoms with Crippen molar-refractivity contribution in [3.63, 3.8) is 0 Å². The van der Waals surface area contributed by atoms with E-state index >= 15 is 0 Å². The average Bonchev–Trinajstić information content (AvgIpc) is 2.95. The number of fused-ring (bicyclic) bond motifs is 1. The second-order valence-corrected chi connectivity index (χ2v) is 4.98. The maximum absolute atomic E-state index is 12.0. The molecule has 22 heavy (non-hydrogen) atoms. The number of hydrogen-bond acceptors (Lipinski definition) is 4. The van der Waals surface area contributed by atoms with Gasteiger partial charge < -0.3 is 9.73 Å². The molecule has 0 saturated carbocycles. The molecule has 6 nitrogen and oxygen atoms in total. The van der Waals surface area contributed by atoms with Crippen molar-refractivity contribution in [1.29, 1.82) is 0 Å². The fraction of sp³-hybridized carbons (Fsp3) is 0.188. The minimum atomic E-state index is -0.301. The minimum Gasteiger partial charge on any atom is -0.451 e. The lowest BCUT2D eigenvalue weighted by Crippen LogP contribution is -2.31. The molecule has 6 heteroatoms. The molecule has 3 rings (SSSR count). The van der Waals surface area contributed by atoms with Gasteiger partial charge in [-0.05, 0) is 19.1 Å². The van der Waals surface area contributed by atoms with Crippen molar-refractivity contribution in [2.24, 2.45) is 0 Å². The second kappa shape index (κ2) is 5.85. The summed E-state index contributed by atoms with van der Waals surface area (Å²) in [7, 11) is 0. The number of aryl methyl sites for hydroxylation is 1. The van der Waals surface area contributed by atoms with Crippen LogP contribution in [-0.2, 0) is 6.54 Å². The van der Waals surface area contributed by atoms with E-state index in [1.165, 1.54) is 17.1 Å². The Bertz CT molecular complexity index is 846. The first-order valence-corrected chi connectivity index (χ1v) is 6.93. The van der Waals surface area contributed by atoms with Crippen LogP contribution < -0.4 is 10.9 Å². The van der Waals surface area contributed by atoms with Crippen LogP contribution in [-0.4, -0.2) is 22.0 Å². The number of benzene rings is 1. The van der Waals surface area contributed by atoms with Crippen LogP contribution in [0.4, 0.5) is 0 Å². The Balaban J connectivity index is 1.65. The number of nitrogens with one attached hydrogen (secondary N) is 1. The second-order valence-electron chi connectivity index (χ2n) is 4.98. The lowest BCUT2D eigenvalue weighted by atomic mass is 10.2. The van der Waals surface area contributed by atoms with Crippen LogP contribution in [0.2, 0.25) is 0 Å². The van der Waals surface area contributed by atoms with Crippen molar-refractivity contribution in [3.8, 4) is 0 Å². The van der Waals surface area contributed by atoms with Gasteiger partial charge in [0.1, 0.15) is 5.58 Å². The van der Waals surface area contributed by atoms with Crippen molar-refractivity contribution in [2.45, 2.75) is 13.5 Å². The number of aromatic nitrogens is 2. The monoisotopic (exact) mass is 297 g/mol. The van der Waals surface area contributed by atoms with Gasteiger partial charge in [0.2, 0.25) is 0 Å². The molecule has 0 atom stereocenters. The molecule has 0 bridgehead atoms. The number of carbonyl (C=O) groups is 1. The summed E-state index contributed by atoms with van der Waals surface area (Å²) in [6.07, 6.45) is 2.98. The fourth-order valence-electron chi connectivity index (χ4n) is 2.19. The van der Waals surface area contributed by atoms with Gasteiger partial charge in [-0.3, -0.25) is 14.2 Å². The first-order valence-electron chi connectivity index (χ1n) is 6.93. The van der Waals surface area contributed by atoms with Crippen LogP contribution in [0.25, 0.3) is 11.0 Å². The molecule has 0 saturated heterocycles. The summed E-state index contributed by atoms with van der Waals surface area (Å²) < 4.78 is 6.95. The number of nitrogens with zero attached hydrogens (tertiary/aromatic N) is 2. The van der Waals surface area contributed by atoms with Crippen LogP contribution in [0.3, 0.4) is 0 Å². The molecule has 0 radical (unpaired) electrons. The van der Waals surface area contributed by atoms with E-state index in [4.69, 9.17) is 4.42 Å². The van der Waals surface area contributed by atoms with Gasteiger partial charge in [0.15, 0.2) is 5.76 Å². The van der Waals surface area contributed by atoms with Gasteiger partial charge >= 0.3 is 0 Å². The van der Waals surface area contributed by atoms with Crippen molar-refractivity contribution in [1.82, 2.24) is 14.9 Å². The van der Waals surface area contributed by atoms with E-state index in [0.717, 1.165) is 5.39 Å². The van der Waals surface area contributed by atoms with Crippen molar-refractivity contribution in [2.75, 3.05) is 6.54 Å². The number of amides is 1. The zero-order chi connectivity index (χ0) is 15.5. The van der Waals surface area contributed by atoms with Crippen LogP contribution >= 0.6 is 0 Å². The highest BCUT2D eigenvalue weighted by atomic mass is 16.3. The van der Waals surface area contributed by atoms with Crippen molar-refractivity contribution >= 4 is 16.9 Å². The predicted octanol–water partition coefficient (Wildman–Crippen LogP) is 1.73. The van der Waals surface area contributed by atoms with E-state index in [2.05, 4.69) is 10.3 Å². The van der Waals surface area contributed by atoms with Crippen LogP contribution in [0, 0.1) is 6.92 Å². The largest absolute Gasteiger partial charge is 0.451 e. The Morgan fingerprint density at radius 1 is 1.36 bits per heavy atom. The molecule has 2 heterocycles. The Labute approximate surface area is 126 Å². The molecule has 0 unspecified atom stereocenters. The van der Waals surface area contributed by atoms with Crippen molar-refractivity contribution in [3.05, 3.63) is 64.5 Å². The van der Waals surface area contributed by atoms with Gasteiger partial charge in [-0.1, -0.05) is 18.2 Å². The van der Waals surface area contributed by atoms with Gasteiger partial charge in [0.25, 0.3) is 11.5 Å². The maximum atomic E-state index is 12.0. The number of rotatable bonds is 4. The highest BCUT2D eigenvalue weighted by molar-refractivity contribution is 5.95. The Hall–Kier alpha value is -2.89. The van der Waals surface area contributed by atoms with Crippen LogP contribution in [0.1, 0.15) is 16.1 Å². The molecule has 0 fully saturated rings. The quantitative estimate of drug-likeness (QED) is 0.795. The molecule has 112 valence electrons. The standard InChI is InChI=1S/C16H15N3O3/c1-11-9-17-10-19(16(11)21)7-6-18-15(20)14-8-12-4-2-3-5-13(12)22-14/h2-5,8-10H,6-7H2,1H3,(H,18,20). The summed E-state index contributed by atoms with van der Waals surface area (Å²) in [5, 5.41) is 3.62. The summed E-state index contributed by atoms with van der Waals surface area (Å²) in [6.45, 7) is 2.39. The Morgan fingerprint density at radius 2 is 2.18 bits per heavy atom. The van der Waals surface area contributed by atoms with E-state index in [1.807, 2.05) is 24.3 Å². The lowest BCUT2D eigenvalue weighted by Gasteiger charge is -2.06. The number of hydrogen-bond donors (Lipinski definition) is 1. The number of carbonyl (C=O) groups excluding carboxylic acids is 1. The average molecular weight is 297 g/mol. The third-order valence-corrected chi connectivity index (χ3v) is 3.36. The van der Waals surface area contributed by atoms with Gasteiger partial charge in [0.05, 0.1) is 6.33 Å². The zero-order valence-electron chi connectivity index (χ0n) is 12.1. The Morgan fingerprint density at radius 3 is 3.00 bits per heavy atom. The Kier molecular flexibility index (Phi) is 3.74. The summed E-state index contributed by atoms with van der Waals surface area (Å²) in [5.41, 5.74) is 1.14. The van der Waals surface area contributed by atoms with Crippen molar-refractivity contribution < 1.29 is 9.21 Å².